The molecule has 1 aromatic rings. The zero-order valence-corrected chi connectivity index (χ0v) is 25.2. The molecule has 0 spiro atoms. The van der Waals surface area contributed by atoms with E-state index >= 15 is 0 Å². The zero-order valence-electron chi connectivity index (χ0n) is 25.2. The predicted molar refractivity (Wildman–Crippen MR) is 152 cm³/mol. The van der Waals surface area contributed by atoms with Gasteiger partial charge >= 0.3 is 6.09 Å². The second-order valence-corrected chi connectivity index (χ2v) is 16.0. The van der Waals surface area contributed by atoms with Gasteiger partial charge in [-0.3, -0.25) is 0 Å². The Bertz CT molecular complexity index is 1170. The topological polar surface area (TPSA) is 88.2 Å². The lowest BCUT2D eigenvalue weighted by molar-refractivity contribution is -0.241. The second kappa shape index (κ2) is 8.66. The van der Waals surface area contributed by atoms with E-state index in [1.165, 1.54) is 63.4 Å². The van der Waals surface area contributed by atoms with Crippen LogP contribution in [0.2, 0.25) is 0 Å². The molecule has 6 rings (SSSR count). The van der Waals surface area contributed by atoms with Crippen molar-refractivity contribution in [2.75, 3.05) is 6.61 Å². The van der Waals surface area contributed by atoms with Crippen LogP contribution in [0.4, 0.5) is 4.79 Å². The third-order valence-electron chi connectivity index (χ3n) is 14.7. The monoisotopic (exact) mass is 537 g/mol. The van der Waals surface area contributed by atoms with Crippen LogP contribution in [-0.2, 0) is 0 Å². The molecule has 1 heterocycles. The maximum absolute atomic E-state index is 11.5. The first-order valence-electron chi connectivity index (χ1n) is 15.7. The number of fused-ring (bicyclic) bond motifs is 7. The van der Waals surface area contributed by atoms with E-state index in [9.17, 15) is 15.0 Å². The molecule has 216 valence electrons. The van der Waals surface area contributed by atoms with Gasteiger partial charge in [0, 0.05) is 12.5 Å². The standard InChI is InChI=1S/C33H51N3O3/c1-20(2)21-10-15-33(19-37)17-16-31(6)23(27(21)33)8-9-26-30(5)13-11-22(24-18-36(28(38)39)35-34-24)29(3,4)25(30)12-14-32(26,31)7/h18,21-23,25-27,37H,1,8-17,19H2,2-7H3,(H,38,39)/t21-,22+,23+,25-,26+,27+,30-,31+,32+,33+/m0/s1. The number of aliphatic hydroxyl groups is 1. The summed E-state index contributed by atoms with van der Waals surface area (Å²) in [6.07, 6.45) is 12.6. The van der Waals surface area contributed by atoms with Gasteiger partial charge in [0.05, 0.1) is 11.9 Å². The Hall–Kier alpha value is -1.69. The van der Waals surface area contributed by atoms with E-state index in [0.717, 1.165) is 16.8 Å². The first kappa shape index (κ1) is 27.5. The fraction of sp³-hybridized carbons (Fsp3) is 0.848. The molecule has 2 N–H and O–H groups in total. The summed E-state index contributed by atoms with van der Waals surface area (Å²) in [5.74, 6) is 3.29. The number of carboxylic acid groups (broad SMARTS) is 1. The Balaban J connectivity index is 1.34. The van der Waals surface area contributed by atoms with E-state index < -0.39 is 6.09 Å². The molecule has 10 atom stereocenters. The minimum atomic E-state index is -1.07. The quantitative estimate of drug-likeness (QED) is 0.389. The fourth-order valence-electron chi connectivity index (χ4n) is 12.6. The summed E-state index contributed by atoms with van der Waals surface area (Å²) in [5.41, 5.74) is 3.15. The van der Waals surface area contributed by atoms with Crippen LogP contribution in [0.15, 0.2) is 18.3 Å². The highest BCUT2D eigenvalue weighted by Gasteiger charge is 2.70. The lowest BCUT2D eigenvalue weighted by atomic mass is 9.32. The highest BCUT2D eigenvalue weighted by Crippen LogP contribution is 2.78. The molecule has 0 amide bonds. The summed E-state index contributed by atoms with van der Waals surface area (Å²) in [6, 6.07) is 0. The number of nitrogens with zero attached hydrogens (tertiary/aromatic N) is 3. The van der Waals surface area contributed by atoms with Crippen LogP contribution in [-0.4, -0.2) is 37.9 Å². The maximum atomic E-state index is 11.5. The average Bonchev–Trinajstić information content (AvgIpc) is 3.50. The van der Waals surface area contributed by atoms with Crippen LogP contribution in [0.25, 0.3) is 0 Å². The first-order valence-corrected chi connectivity index (χ1v) is 15.7. The van der Waals surface area contributed by atoms with Crippen LogP contribution in [0.1, 0.15) is 117 Å². The van der Waals surface area contributed by atoms with E-state index in [1.807, 2.05) is 0 Å². The van der Waals surface area contributed by atoms with Crippen molar-refractivity contribution >= 4 is 6.09 Å². The van der Waals surface area contributed by atoms with Crippen molar-refractivity contribution in [3.63, 3.8) is 0 Å². The molecule has 1 aromatic heterocycles. The number of aliphatic hydroxyl groups excluding tert-OH is 1. The van der Waals surface area contributed by atoms with Crippen LogP contribution in [0.5, 0.6) is 0 Å². The van der Waals surface area contributed by atoms with Gasteiger partial charge in [0.15, 0.2) is 0 Å². The summed E-state index contributed by atoms with van der Waals surface area (Å²) in [7, 11) is 0. The van der Waals surface area contributed by atoms with Gasteiger partial charge in [-0.25, -0.2) is 4.79 Å². The summed E-state index contributed by atoms with van der Waals surface area (Å²) in [5, 5.41) is 28.4. The van der Waals surface area contributed by atoms with Crippen molar-refractivity contribution in [1.82, 2.24) is 15.0 Å². The predicted octanol–water partition coefficient (Wildman–Crippen LogP) is 7.54. The molecule has 5 fully saturated rings. The molecular weight excluding hydrogens is 486 g/mol. The van der Waals surface area contributed by atoms with E-state index in [2.05, 4.69) is 58.4 Å². The minimum Gasteiger partial charge on any atom is -0.463 e. The van der Waals surface area contributed by atoms with E-state index in [4.69, 9.17) is 0 Å². The highest BCUT2D eigenvalue weighted by molar-refractivity contribution is 5.66. The van der Waals surface area contributed by atoms with Gasteiger partial charge in [-0.15, -0.1) is 5.10 Å². The van der Waals surface area contributed by atoms with Gasteiger partial charge in [0.1, 0.15) is 0 Å². The Morgan fingerprint density at radius 3 is 2.36 bits per heavy atom. The number of aromatic nitrogens is 3. The molecule has 6 nitrogen and oxygen atoms in total. The van der Waals surface area contributed by atoms with Crippen LogP contribution in [0, 0.1) is 56.7 Å². The Morgan fingerprint density at radius 1 is 0.974 bits per heavy atom. The van der Waals surface area contributed by atoms with Crippen molar-refractivity contribution in [3.8, 4) is 0 Å². The zero-order chi connectivity index (χ0) is 28.2. The molecule has 39 heavy (non-hydrogen) atoms. The lowest BCUT2D eigenvalue weighted by Gasteiger charge is -2.73. The summed E-state index contributed by atoms with van der Waals surface area (Å²) >= 11 is 0. The second-order valence-electron chi connectivity index (χ2n) is 16.0. The van der Waals surface area contributed by atoms with Crippen molar-refractivity contribution in [2.24, 2.45) is 56.7 Å². The van der Waals surface area contributed by atoms with E-state index in [1.54, 1.807) is 6.20 Å². The van der Waals surface area contributed by atoms with Gasteiger partial charge in [-0.05, 0) is 128 Å². The van der Waals surface area contributed by atoms with Crippen LogP contribution < -0.4 is 0 Å². The first-order chi connectivity index (χ1) is 18.2. The smallest absolute Gasteiger partial charge is 0.433 e. The molecule has 5 aliphatic carbocycles. The SMILES string of the molecule is C=C(C)[C@@H]1CC[C@]2(CO)CC[C@]3(C)[C@H](CC[C@@H]4[C@@]5(C)CC[C@H](c6cn(C(=O)O)nn6)C(C)(C)[C@@H]5CC[C@]43C)[C@@H]12. The van der Waals surface area contributed by atoms with E-state index in [-0.39, 0.29) is 27.6 Å². The molecule has 0 aromatic carbocycles. The molecule has 5 saturated carbocycles. The Labute approximate surface area is 235 Å². The Kier molecular flexibility index (Phi) is 6.10. The van der Waals surface area contributed by atoms with Gasteiger partial charge in [0.2, 0.25) is 0 Å². The number of carbonyl (C=O) groups is 1. The fourth-order valence-corrected chi connectivity index (χ4v) is 12.6. The number of rotatable bonds is 3. The molecule has 0 unspecified atom stereocenters. The molecule has 0 saturated heterocycles. The largest absolute Gasteiger partial charge is 0.463 e. The Morgan fingerprint density at radius 2 is 1.72 bits per heavy atom. The van der Waals surface area contributed by atoms with Gasteiger partial charge in [-0.2, -0.15) is 4.68 Å². The third-order valence-corrected chi connectivity index (χ3v) is 14.7. The van der Waals surface area contributed by atoms with Crippen molar-refractivity contribution in [1.29, 1.82) is 0 Å². The van der Waals surface area contributed by atoms with Crippen molar-refractivity contribution < 1.29 is 15.0 Å². The normalized spacial score (nSPS) is 48.4. The van der Waals surface area contributed by atoms with Gasteiger partial charge < -0.3 is 10.2 Å². The van der Waals surface area contributed by atoms with Crippen LogP contribution in [0.3, 0.4) is 0 Å². The van der Waals surface area contributed by atoms with Gasteiger partial charge in [0.25, 0.3) is 0 Å². The van der Waals surface area contributed by atoms with Gasteiger partial charge in [-0.1, -0.05) is 52.0 Å². The van der Waals surface area contributed by atoms with Crippen molar-refractivity contribution in [3.05, 3.63) is 24.0 Å². The van der Waals surface area contributed by atoms with E-state index in [0.29, 0.717) is 41.6 Å². The minimum absolute atomic E-state index is 0.0283. The highest BCUT2D eigenvalue weighted by atomic mass is 16.4. The molecule has 0 bridgehead atoms. The number of allylic oxidation sites excluding steroid dienone is 1. The summed E-state index contributed by atoms with van der Waals surface area (Å²) in [6.45, 7) is 19.8. The molecule has 0 radical (unpaired) electrons. The molecule has 0 aliphatic heterocycles. The number of hydrogen-bond acceptors (Lipinski definition) is 4. The molecular formula is C33H51N3O3. The lowest BCUT2D eigenvalue weighted by Crippen LogP contribution is -2.66. The average molecular weight is 538 g/mol. The molecule has 6 heteroatoms. The van der Waals surface area contributed by atoms with Crippen LogP contribution >= 0.6 is 0 Å². The summed E-state index contributed by atoms with van der Waals surface area (Å²) < 4.78 is 0.968. The van der Waals surface area contributed by atoms with Crippen molar-refractivity contribution in [2.45, 2.75) is 112 Å². The summed E-state index contributed by atoms with van der Waals surface area (Å²) in [4.78, 5) is 11.5. The molecule has 5 aliphatic rings. The third kappa shape index (κ3) is 3.45. The maximum Gasteiger partial charge on any atom is 0.433 e. The number of hydrogen-bond donors (Lipinski definition) is 2.